The molecule has 1 aromatic rings. The van der Waals surface area contributed by atoms with Crippen molar-refractivity contribution in [3.63, 3.8) is 0 Å². The number of nitrogens with zero attached hydrogens (tertiary/aromatic N) is 1. The summed E-state index contributed by atoms with van der Waals surface area (Å²) in [7, 11) is 0. The lowest BCUT2D eigenvalue weighted by atomic mass is 9.73. The van der Waals surface area contributed by atoms with E-state index in [1.165, 1.54) is 6.07 Å². The molecule has 0 radical (unpaired) electrons. The number of Topliss-reactive ketones (excluding diaryl/α,β-unsaturated/α-hetero) is 1. The number of ether oxygens (including phenoxy) is 2. The SMILES string of the molecule is C[C@@H]1OC(=O)C2=C1N=C1COCC(=O)C1[C@H]2c1ccc(F)c(I)c1. The van der Waals surface area contributed by atoms with Crippen LogP contribution in [0.3, 0.4) is 0 Å². The molecule has 1 aromatic carbocycles. The van der Waals surface area contributed by atoms with Gasteiger partial charge in [-0.3, -0.25) is 9.79 Å². The molecule has 0 N–H and O–H groups in total. The maximum atomic E-state index is 13.7. The van der Waals surface area contributed by atoms with E-state index in [0.717, 1.165) is 0 Å². The van der Waals surface area contributed by atoms with Crippen molar-refractivity contribution >= 4 is 40.1 Å². The molecule has 1 saturated heterocycles. The maximum Gasteiger partial charge on any atom is 0.337 e. The summed E-state index contributed by atoms with van der Waals surface area (Å²) in [6.07, 6.45) is -0.458. The number of ketones is 1. The van der Waals surface area contributed by atoms with Gasteiger partial charge in [0.1, 0.15) is 18.5 Å². The van der Waals surface area contributed by atoms with Crippen LogP contribution in [0.25, 0.3) is 0 Å². The quantitative estimate of drug-likeness (QED) is 0.496. The molecule has 4 rings (SSSR count). The van der Waals surface area contributed by atoms with E-state index < -0.39 is 23.9 Å². The number of benzene rings is 1. The first-order chi connectivity index (χ1) is 11.5. The van der Waals surface area contributed by atoms with Crippen molar-refractivity contribution in [1.29, 1.82) is 0 Å². The fourth-order valence-electron chi connectivity index (χ4n) is 3.53. The second-order valence-electron chi connectivity index (χ2n) is 6.04. The number of hydrogen-bond donors (Lipinski definition) is 0. The zero-order valence-electron chi connectivity index (χ0n) is 12.7. The first-order valence-corrected chi connectivity index (χ1v) is 8.63. The normalized spacial score (nSPS) is 29.1. The molecule has 1 unspecified atom stereocenters. The van der Waals surface area contributed by atoms with Gasteiger partial charge in [0.2, 0.25) is 0 Å². The highest BCUT2D eigenvalue weighted by Crippen LogP contribution is 2.45. The molecule has 7 heteroatoms. The zero-order valence-corrected chi connectivity index (χ0v) is 14.9. The Kier molecular flexibility index (Phi) is 3.80. The van der Waals surface area contributed by atoms with Crippen LogP contribution in [0.4, 0.5) is 4.39 Å². The number of hydrogen-bond acceptors (Lipinski definition) is 5. The van der Waals surface area contributed by atoms with E-state index >= 15 is 0 Å². The third kappa shape index (κ3) is 2.33. The maximum absolute atomic E-state index is 13.7. The summed E-state index contributed by atoms with van der Waals surface area (Å²) in [5.41, 5.74) is 2.29. The van der Waals surface area contributed by atoms with Gasteiger partial charge in [0.15, 0.2) is 5.78 Å². The van der Waals surface area contributed by atoms with Gasteiger partial charge in [0.05, 0.1) is 29.5 Å². The van der Waals surface area contributed by atoms with Crippen LogP contribution in [0.2, 0.25) is 0 Å². The van der Waals surface area contributed by atoms with Crippen molar-refractivity contribution in [3.05, 3.63) is 44.4 Å². The third-order valence-electron chi connectivity index (χ3n) is 4.58. The van der Waals surface area contributed by atoms with Gasteiger partial charge < -0.3 is 9.47 Å². The number of carbonyl (C=O) groups is 2. The second kappa shape index (κ2) is 5.73. The zero-order chi connectivity index (χ0) is 17.0. The number of carbonyl (C=O) groups excluding carboxylic acids is 2. The summed E-state index contributed by atoms with van der Waals surface area (Å²) in [5, 5.41) is 0. The first-order valence-electron chi connectivity index (χ1n) is 7.55. The van der Waals surface area contributed by atoms with Crippen molar-refractivity contribution in [1.82, 2.24) is 0 Å². The molecule has 0 aromatic heterocycles. The largest absolute Gasteiger partial charge is 0.453 e. The molecule has 0 saturated carbocycles. The molecule has 3 heterocycles. The predicted octanol–water partition coefficient (Wildman–Crippen LogP) is 2.38. The van der Waals surface area contributed by atoms with Gasteiger partial charge in [-0.2, -0.15) is 0 Å². The summed E-state index contributed by atoms with van der Waals surface area (Å²) in [6, 6.07) is 4.65. The molecule has 0 aliphatic carbocycles. The smallest absolute Gasteiger partial charge is 0.337 e. The Labute approximate surface area is 151 Å². The van der Waals surface area contributed by atoms with Gasteiger partial charge in [-0.25, -0.2) is 9.18 Å². The van der Waals surface area contributed by atoms with E-state index in [2.05, 4.69) is 4.99 Å². The van der Waals surface area contributed by atoms with E-state index in [1.807, 2.05) is 22.6 Å². The monoisotopic (exact) mass is 441 g/mol. The number of halogens is 2. The molecule has 3 aliphatic rings. The number of aliphatic imine (C=N–C) groups is 1. The Hall–Kier alpha value is -1.61. The molecule has 1 fully saturated rings. The first kappa shape index (κ1) is 15.9. The van der Waals surface area contributed by atoms with E-state index in [0.29, 0.717) is 26.1 Å². The Morgan fingerprint density at radius 2 is 2.04 bits per heavy atom. The minimum Gasteiger partial charge on any atom is -0.453 e. The highest BCUT2D eigenvalue weighted by Gasteiger charge is 2.48. The highest BCUT2D eigenvalue weighted by molar-refractivity contribution is 14.1. The number of fused-ring (bicyclic) bond motifs is 1. The fraction of sp³-hybridized carbons (Fsp3) is 0.353. The van der Waals surface area contributed by atoms with E-state index in [-0.39, 0.29) is 24.8 Å². The van der Waals surface area contributed by atoms with Gasteiger partial charge in [0, 0.05) is 9.49 Å². The summed E-state index contributed by atoms with van der Waals surface area (Å²) in [6.45, 7) is 2.00. The third-order valence-corrected chi connectivity index (χ3v) is 5.40. The summed E-state index contributed by atoms with van der Waals surface area (Å²) < 4.78 is 24.7. The van der Waals surface area contributed by atoms with Crippen LogP contribution in [-0.2, 0) is 19.1 Å². The summed E-state index contributed by atoms with van der Waals surface area (Å²) in [5.74, 6) is -1.97. The lowest BCUT2D eigenvalue weighted by Gasteiger charge is -2.34. The topological polar surface area (TPSA) is 65.0 Å². The number of cyclic esters (lactones) is 1. The van der Waals surface area contributed by atoms with Crippen LogP contribution in [0.5, 0.6) is 0 Å². The number of rotatable bonds is 1. The Bertz CT molecular complexity index is 832. The molecule has 5 nitrogen and oxygen atoms in total. The van der Waals surface area contributed by atoms with Gasteiger partial charge in [-0.15, -0.1) is 0 Å². The molecule has 0 spiro atoms. The summed E-state index contributed by atoms with van der Waals surface area (Å²) >= 11 is 1.90. The van der Waals surface area contributed by atoms with Gasteiger partial charge in [0.25, 0.3) is 0 Å². The lowest BCUT2D eigenvalue weighted by molar-refractivity contribution is -0.139. The van der Waals surface area contributed by atoms with E-state index in [9.17, 15) is 14.0 Å². The van der Waals surface area contributed by atoms with Crippen LogP contribution in [0, 0.1) is 15.3 Å². The van der Waals surface area contributed by atoms with Crippen molar-refractivity contribution in [2.45, 2.75) is 18.9 Å². The van der Waals surface area contributed by atoms with Gasteiger partial charge in [-0.1, -0.05) is 6.07 Å². The van der Waals surface area contributed by atoms with Crippen molar-refractivity contribution in [2.75, 3.05) is 13.2 Å². The fourth-order valence-corrected chi connectivity index (χ4v) is 4.07. The molecular formula is C17H13FINO4. The van der Waals surface area contributed by atoms with Crippen LogP contribution in [0.15, 0.2) is 34.5 Å². The minimum atomic E-state index is -0.559. The standard InChI is InChI=1S/C17H13FINO4/c1-7-16-15(17(22)24-7)13(8-2-3-9(18)10(19)4-8)14-11(20-16)5-23-6-12(14)21/h2-4,7,13-14H,5-6H2,1H3/t7-,13+,14?/m0/s1. The molecule has 124 valence electrons. The van der Waals surface area contributed by atoms with Crippen LogP contribution in [-0.4, -0.2) is 36.8 Å². The number of esters is 1. The Morgan fingerprint density at radius 3 is 2.79 bits per heavy atom. The van der Waals surface area contributed by atoms with Crippen LogP contribution >= 0.6 is 22.6 Å². The molecule has 24 heavy (non-hydrogen) atoms. The summed E-state index contributed by atoms with van der Waals surface area (Å²) in [4.78, 5) is 29.3. The molecule has 0 bridgehead atoms. The minimum absolute atomic E-state index is 0.00825. The molecule has 0 amide bonds. The van der Waals surface area contributed by atoms with Crippen molar-refractivity contribution in [2.24, 2.45) is 10.9 Å². The van der Waals surface area contributed by atoms with Gasteiger partial charge in [-0.05, 0) is 47.2 Å². The molecule has 3 aliphatic heterocycles. The average molecular weight is 441 g/mol. The lowest BCUT2D eigenvalue weighted by Crippen LogP contribution is -2.43. The van der Waals surface area contributed by atoms with Crippen LogP contribution in [0.1, 0.15) is 18.4 Å². The van der Waals surface area contributed by atoms with Crippen molar-refractivity contribution in [3.8, 4) is 0 Å². The van der Waals surface area contributed by atoms with E-state index in [4.69, 9.17) is 9.47 Å². The molecule has 3 atom stereocenters. The Morgan fingerprint density at radius 1 is 1.25 bits per heavy atom. The van der Waals surface area contributed by atoms with Crippen LogP contribution < -0.4 is 0 Å². The predicted molar refractivity (Wildman–Crippen MR) is 91.2 cm³/mol. The molecular weight excluding hydrogens is 428 g/mol. The van der Waals surface area contributed by atoms with E-state index in [1.54, 1.807) is 19.1 Å². The Balaban J connectivity index is 1.92. The van der Waals surface area contributed by atoms with Gasteiger partial charge >= 0.3 is 5.97 Å². The average Bonchev–Trinajstić information content (AvgIpc) is 2.83. The van der Waals surface area contributed by atoms with Crippen molar-refractivity contribution < 1.29 is 23.5 Å². The highest BCUT2D eigenvalue weighted by atomic mass is 127. The second-order valence-corrected chi connectivity index (χ2v) is 7.20.